The van der Waals surface area contributed by atoms with E-state index in [9.17, 15) is 19.1 Å². The zero-order chi connectivity index (χ0) is 32.2. The number of ether oxygens (including phenoxy) is 1. The fourth-order valence-electron chi connectivity index (χ4n) is 5.76. The van der Waals surface area contributed by atoms with Crippen LogP contribution in [0.2, 0.25) is 5.02 Å². The SMILES string of the molecule is CCCCOC(=O)N[C@H]1CCCN(c2ccc(Nc3c(C(=O)C4CCC4)cnc4ccc(-c5cc(F)c(O)c(Cl)c5)nc34)cn2)C1. The van der Waals surface area contributed by atoms with Crippen LogP contribution in [0.1, 0.15) is 62.2 Å². The fraction of sp³-hybridized carbons (Fsp3) is 0.382. The highest BCUT2D eigenvalue weighted by molar-refractivity contribution is 6.32. The Balaban J connectivity index is 1.27. The summed E-state index contributed by atoms with van der Waals surface area (Å²) in [6.07, 6.45) is 9.13. The number of rotatable bonds is 10. The molecule has 2 aliphatic rings. The Morgan fingerprint density at radius 3 is 2.67 bits per heavy atom. The molecule has 3 N–H and O–H groups in total. The largest absolute Gasteiger partial charge is 0.504 e. The van der Waals surface area contributed by atoms with E-state index in [1.165, 1.54) is 6.07 Å². The quantitative estimate of drug-likeness (QED) is 0.119. The first-order chi connectivity index (χ1) is 22.3. The molecule has 4 aromatic rings. The van der Waals surface area contributed by atoms with Gasteiger partial charge in [-0.05, 0) is 68.5 Å². The van der Waals surface area contributed by atoms with Gasteiger partial charge in [-0.1, -0.05) is 31.4 Å². The lowest BCUT2D eigenvalue weighted by Gasteiger charge is -2.33. The Hall–Kier alpha value is -4.51. The van der Waals surface area contributed by atoms with Crippen molar-refractivity contribution in [1.82, 2.24) is 20.3 Å². The highest BCUT2D eigenvalue weighted by Crippen LogP contribution is 2.37. The molecule has 1 saturated carbocycles. The summed E-state index contributed by atoms with van der Waals surface area (Å²) in [5.74, 6) is -0.783. The van der Waals surface area contributed by atoms with E-state index in [4.69, 9.17) is 26.3 Å². The number of unbranched alkanes of at least 4 members (excludes halogenated alkanes) is 1. The Labute approximate surface area is 271 Å². The van der Waals surface area contributed by atoms with Crippen LogP contribution in [0.4, 0.5) is 26.4 Å². The molecule has 46 heavy (non-hydrogen) atoms. The monoisotopic (exact) mass is 646 g/mol. The number of fused-ring (bicyclic) bond motifs is 1. The smallest absolute Gasteiger partial charge is 0.407 e. The third-order valence-corrected chi connectivity index (χ3v) is 8.87. The number of aromatic nitrogens is 3. The van der Waals surface area contributed by atoms with Crippen molar-refractivity contribution in [2.45, 2.75) is 57.9 Å². The number of hydrogen-bond acceptors (Lipinski definition) is 9. The number of ketones is 1. The van der Waals surface area contributed by atoms with Gasteiger partial charge in [-0.25, -0.2) is 19.2 Å². The van der Waals surface area contributed by atoms with Gasteiger partial charge in [0, 0.05) is 36.8 Å². The number of benzene rings is 1. The van der Waals surface area contributed by atoms with Crippen LogP contribution in [0.25, 0.3) is 22.3 Å². The number of carbonyl (C=O) groups excluding carboxylic acids is 2. The maximum atomic E-state index is 14.3. The van der Waals surface area contributed by atoms with Gasteiger partial charge in [0.2, 0.25) is 0 Å². The van der Waals surface area contributed by atoms with Gasteiger partial charge in [0.15, 0.2) is 17.3 Å². The van der Waals surface area contributed by atoms with Crippen LogP contribution in [0.15, 0.2) is 48.8 Å². The van der Waals surface area contributed by atoms with Crippen LogP contribution < -0.4 is 15.5 Å². The third kappa shape index (κ3) is 6.84. The van der Waals surface area contributed by atoms with Crippen LogP contribution >= 0.6 is 11.6 Å². The average Bonchev–Trinajstić information content (AvgIpc) is 3.03. The Morgan fingerprint density at radius 2 is 1.96 bits per heavy atom. The van der Waals surface area contributed by atoms with E-state index >= 15 is 0 Å². The summed E-state index contributed by atoms with van der Waals surface area (Å²) in [5, 5.41) is 16.0. The summed E-state index contributed by atoms with van der Waals surface area (Å²) < 4.78 is 19.6. The molecule has 3 aromatic heterocycles. The average molecular weight is 647 g/mol. The number of piperidine rings is 1. The molecule has 0 spiro atoms. The van der Waals surface area contributed by atoms with Crippen molar-refractivity contribution in [1.29, 1.82) is 0 Å². The van der Waals surface area contributed by atoms with Gasteiger partial charge in [-0.2, -0.15) is 0 Å². The van der Waals surface area contributed by atoms with Gasteiger partial charge in [0.25, 0.3) is 0 Å². The number of hydrogen-bond donors (Lipinski definition) is 3. The molecule has 6 rings (SSSR count). The normalized spacial score (nSPS) is 16.6. The number of carbonyl (C=O) groups is 2. The molecule has 1 aliphatic heterocycles. The molecule has 0 radical (unpaired) electrons. The summed E-state index contributed by atoms with van der Waals surface area (Å²) in [6.45, 7) is 3.89. The van der Waals surface area contributed by atoms with Gasteiger partial charge in [0.05, 0.1) is 46.0 Å². The minimum absolute atomic E-state index is 0.00117. The highest BCUT2D eigenvalue weighted by Gasteiger charge is 2.30. The maximum Gasteiger partial charge on any atom is 0.407 e. The summed E-state index contributed by atoms with van der Waals surface area (Å²) in [5.41, 5.74) is 3.33. The van der Waals surface area contributed by atoms with E-state index in [2.05, 4.69) is 20.5 Å². The topological polar surface area (TPSA) is 130 Å². The van der Waals surface area contributed by atoms with Crippen molar-refractivity contribution >= 4 is 51.7 Å². The van der Waals surface area contributed by atoms with Crippen LogP contribution in [0.3, 0.4) is 0 Å². The number of aromatic hydroxyl groups is 1. The van der Waals surface area contributed by atoms with E-state index in [-0.39, 0.29) is 28.9 Å². The lowest BCUT2D eigenvalue weighted by atomic mass is 9.80. The first-order valence-corrected chi connectivity index (χ1v) is 16.1. The molecular formula is C34H36ClFN6O4. The van der Waals surface area contributed by atoms with E-state index in [0.717, 1.165) is 63.4 Å². The number of amides is 1. The van der Waals surface area contributed by atoms with Crippen LogP contribution in [0.5, 0.6) is 5.75 Å². The summed E-state index contributed by atoms with van der Waals surface area (Å²) in [6, 6.07) is 9.80. The molecule has 1 amide bonds. The van der Waals surface area contributed by atoms with Crippen molar-refractivity contribution in [2.24, 2.45) is 5.92 Å². The predicted octanol–water partition coefficient (Wildman–Crippen LogP) is 7.41. The summed E-state index contributed by atoms with van der Waals surface area (Å²) in [4.78, 5) is 41.9. The second kappa shape index (κ2) is 13.9. The number of phenols is 1. The third-order valence-electron chi connectivity index (χ3n) is 8.58. The Kier molecular flexibility index (Phi) is 9.48. The molecule has 0 bridgehead atoms. The second-order valence-corrected chi connectivity index (χ2v) is 12.2. The van der Waals surface area contributed by atoms with Gasteiger partial charge >= 0.3 is 6.09 Å². The number of Topliss-reactive ketones (excluding diaryl/α,β-unsaturated/α-hetero) is 1. The molecule has 2 fully saturated rings. The Morgan fingerprint density at radius 1 is 1.11 bits per heavy atom. The molecule has 10 nitrogen and oxygen atoms in total. The zero-order valence-corrected chi connectivity index (χ0v) is 26.3. The molecule has 4 heterocycles. The van der Waals surface area contributed by atoms with Crippen molar-refractivity contribution in [2.75, 3.05) is 29.9 Å². The fourth-order valence-corrected chi connectivity index (χ4v) is 5.96. The van der Waals surface area contributed by atoms with Gasteiger partial charge < -0.3 is 25.4 Å². The number of phenolic OH excluding ortho intramolecular Hbond substituents is 1. The lowest BCUT2D eigenvalue weighted by Crippen LogP contribution is -2.48. The molecule has 240 valence electrons. The standard InChI is InChI=1S/C34H36ClFN6O4/c1-2-3-14-46-34(45)40-23-8-5-13-42(19-23)29-12-9-22(17-38-29)39-30-24(32(43)20-6-4-7-20)18-37-28-11-10-27(41-31(28)30)21-15-25(35)33(44)26(36)16-21/h9-12,15-18,20,23,44H,2-8,13-14,19H2,1H3,(H,37,39)(H,40,45)/t23-/m0/s1. The van der Waals surface area contributed by atoms with Crippen molar-refractivity contribution in [3.63, 3.8) is 0 Å². The summed E-state index contributed by atoms with van der Waals surface area (Å²) in [7, 11) is 0. The molecular weight excluding hydrogens is 611 g/mol. The van der Waals surface area contributed by atoms with Crippen molar-refractivity contribution < 1.29 is 23.8 Å². The van der Waals surface area contributed by atoms with E-state index < -0.39 is 11.6 Å². The molecule has 12 heteroatoms. The van der Waals surface area contributed by atoms with Gasteiger partial charge in [-0.15, -0.1) is 0 Å². The van der Waals surface area contributed by atoms with E-state index in [1.54, 1.807) is 24.5 Å². The molecule has 1 aliphatic carbocycles. The number of nitrogens with one attached hydrogen (secondary N) is 2. The Bertz CT molecular complexity index is 1730. The number of anilines is 3. The minimum Gasteiger partial charge on any atom is -0.504 e. The molecule has 0 unspecified atom stereocenters. The lowest BCUT2D eigenvalue weighted by molar-refractivity contribution is 0.0855. The summed E-state index contributed by atoms with van der Waals surface area (Å²) >= 11 is 6.05. The zero-order valence-electron chi connectivity index (χ0n) is 25.6. The van der Waals surface area contributed by atoms with Crippen molar-refractivity contribution in [3.8, 4) is 17.0 Å². The highest BCUT2D eigenvalue weighted by atomic mass is 35.5. The van der Waals surface area contributed by atoms with Crippen LogP contribution in [-0.2, 0) is 4.74 Å². The molecule has 1 aromatic carbocycles. The van der Waals surface area contributed by atoms with Crippen molar-refractivity contribution in [3.05, 3.63) is 65.2 Å². The molecule has 1 atom stereocenters. The van der Waals surface area contributed by atoms with Crippen LogP contribution in [0, 0.1) is 11.7 Å². The molecule has 1 saturated heterocycles. The van der Waals surface area contributed by atoms with Gasteiger partial charge in [0.1, 0.15) is 11.3 Å². The minimum atomic E-state index is -0.858. The predicted molar refractivity (Wildman–Crippen MR) is 175 cm³/mol. The number of halogens is 2. The number of pyridine rings is 3. The van der Waals surface area contributed by atoms with Crippen LogP contribution in [-0.4, -0.2) is 57.7 Å². The van der Waals surface area contributed by atoms with Gasteiger partial charge in [-0.3, -0.25) is 9.78 Å². The van der Waals surface area contributed by atoms with E-state index in [1.807, 2.05) is 19.1 Å². The number of nitrogens with zero attached hydrogens (tertiary/aromatic N) is 4. The first-order valence-electron chi connectivity index (χ1n) is 15.7. The van der Waals surface area contributed by atoms with E-state index in [0.29, 0.717) is 52.4 Å². The second-order valence-electron chi connectivity index (χ2n) is 11.8. The number of alkyl carbamates (subject to hydrolysis) is 1. The first kappa shape index (κ1) is 31.5. The maximum absolute atomic E-state index is 14.3.